The first-order valence-electron chi connectivity index (χ1n) is 7.43. The molecule has 2 aromatic carbocycles. The van der Waals surface area contributed by atoms with E-state index in [2.05, 4.69) is 10.3 Å². The number of fused-ring (bicyclic) bond motifs is 2. The topological polar surface area (TPSA) is 79.3 Å². The van der Waals surface area contributed by atoms with Gasteiger partial charge in [0.2, 0.25) is 0 Å². The molecule has 0 radical (unpaired) electrons. The van der Waals surface area contributed by atoms with Gasteiger partial charge in [0.1, 0.15) is 6.04 Å². The predicted octanol–water partition coefficient (Wildman–Crippen LogP) is 2.98. The van der Waals surface area contributed by atoms with Crippen LogP contribution < -0.4 is 5.32 Å². The van der Waals surface area contributed by atoms with Crippen molar-refractivity contribution in [2.75, 3.05) is 0 Å². The number of aromatic nitrogens is 1. The largest absolute Gasteiger partial charge is 0.480 e. The summed E-state index contributed by atoms with van der Waals surface area (Å²) >= 11 is 0. The van der Waals surface area contributed by atoms with Crippen molar-refractivity contribution in [3.63, 3.8) is 0 Å². The van der Waals surface area contributed by atoms with Gasteiger partial charge < -0.3 is 10.4 Å². The second-order valence-corrected chi connectivity index (χ2v) is 5.29. The number of aliphatic carboxylic acids is 1. The molecule has 0 aliphatic heterocycles. The maximum absolute atomic E-state index is 12.7. The third-order valence-corrected chi connectivity index (χ3v) is 3.83. The molecule has 1 heterocycles. The molecular formula is C18H16N2O3. The molecule has 3 aromatic rings. The smallest absolute Gasteiger partial charge is 0.326 e. The molecule has 23 heavy (non-hydrogen) atoms. The number of rotatable bonds is 4. The van der Waals surface area contributed by atoms with E-state index >= 15 is 0 Å². The molecule has 1 aromatic heterocycles. The van der Waals surface area contributed by atoms with Gasteiger partial charge in [0, 0.05) is 10.8 Å². The molecule has 1 atom stereocenters. The lowest BCUT2D eigenvalue weighted by Gasteiger charge is -2.15. The average molecular weight is 308 g/mol. The first-order chi connectivity index (χ1) is 11.1. The van der Waals surface area contributed by atoms with Crippen molar-refractivity contribution >= 4 is 33.7 Å². The van der Waals surface area contributed by atoms with E-state index in [0.29, 0.717) is 33.8 Å². The Morgan fingerprint density at radius 3 is 2.04 bits per heavy atom. The number of hydrogen-bond acceptors (Lipinski definition) is 3. The summed E-state index contributed by atoms with van der Waals surface area (Å²) in [6.45, 7) is 1.72. The Kier molecular flexibility index (Phi) is 3.93. The van der Waals surface area contributed by atoms with Crippen molar-refractivity contribution in [3.8, 4) is 0 Å². The minimum Gasteiger partial charge on any atom is -0.480 e. The molecule has 2 N–H and O–H groups in total. The zero-order valence-corrected chi connectivity index (χ0v) is 12.6. The number of carbonyl (C=O) groups excluding carboxylic acids is 1. The lowest BCUT2D eigenvalue weighted by Crippen LogP contribution is -2.40. The van der Waals surface area contributed by atoms with Crippen molar-refractivity contribution in [2.45, 2.75) is 19.4 Å². The number of carboxylic acid groups (broad SMARTS) is 1. The van der Waals surface area contributed by atoms with Gasteiger partial charge in [-0.25, -0.2) is 9.78 Å². The van der Waals surface area contributed by atoms with E-state index in [0.717, 1.165) is 0 Å². The minimum atomic E-state index is -1.04. The lowest BCUT2D eigenvalue weighted by molar-refractivity contribution is -0.139. The number of amides is 1. The van der Waals surface area contributed by atoms with Gasteiger partial charge in [-0.05, 0) is 18.6 Å². The molecule has 0 saturated carbocycles. The van der Waals surface area contributed by atoms with Crippen LogP contribution >= 0.6 is 0 Å². The Bertz CT molecular complexity index is 851. The number of hydrogen-bond donors (Lipinski definition) is 2. The van der Waals surface area contributed by atoms with Crippen LogP contribution in [0, 0.1) is 0 Å². The number of para-hydroxylation sites is 2. The standard InChI is InChI=1S/C18H16N2O3/c1-2-13(18(22)23)20-17(21)16-11-7-3-5-9-14(11)19-15-10-6-4-8-12(15)16/h3-10,13H,2H2,1H3,(H,20,21)(H,22,23)/t13-/m1/s1. The van der Waals surface area contributed by atoms with E-state index in [9.17, 15) is 9.59 Å². The first-order valence-corrected chi connectivity index (χ1v) is 7.43. The highest BCUT2D eigenvalue weighted by atomic mass is 16.4. The number of carboxylic acids is 1. The fourth-order valence-electron chi connectivity index (χ4n) is 2.65. The highest BCUT2D eigenvalue weighted by Crippen LogP contribution is 2.25. The lowest BCUT2D eigenvalue weighted by atomic mass is 10.0. The van der Waals surface area contributed by atoms with Gasteiger partial charge in [0.15, 0.2) is 0 Å². The summed E-state index contributed by atoms with van der Waals surface area (Å²) in [7, 11) is 0. The molecule has 1 amide bonds. The molecule has 0 aliphatic carbocycles. The minimum absolute atomic E-state index is 0.321. The molecule has 0 unspecified atom stereocenters. The van der Waals surface area contributed by atoms with Gasteiger partial charge in [-0.3, -0.25) is 4.79 Å². The quantitative estimate of drug-likeness (QED) is 0.726. The average Bonchev–Trinajstić information content (AvgIpc) is 2.56. The molecule has 0 saturated heterocycles. The van der Waals surface area contributed by atoms with E-state index in [1.54, 1.807) is 6.92 Å². The van der Waals surface area contributed by atoms with Crippen LogP contribution in [-0.2, 0) is 4.79 Å². The Morgan fingerprint density at radius 1 is 1.04 bits per heavy atom. The van der Waals surface area contributed by atoms with Crippen molar-refractivity contribution < 1.29 is 14.7 Å². The summed E-state index contributed by atoms with van der Waals surface area (Å²) in [5.41, 5.74) is 1.88. The summed E-state index contributed by atoms with van der Waals surface area (Å²) in [5, 5.41) is 13.2. The molecule has 3 rings (SSSR count). The summed E-state index contributed by atoms with van der Waals surface area (Å²) in [5.74, 6) is -1.43. The van der Waals surface area contributed by atoms with Crippen LogP contribution in [0.1, 0.15) is 23.7 Å². The predicted molar refractivity (Wildman–Crippen MR) is 88.4 cm³/mol. The highest BCUT2D eigenvalue weighted by molar-refractivity contribution is 6.16. The van der Waals surface area contributed by atoms with Crippen LogP contribution in [0.5, 0.6) is 0 Å². The van der Waals surface area contributed by atoms with Crippen LogP contribution in [-0.4, -0.2) is 28.0 Å². The van der Waals surface area contributed by atoms with Crippen LogP contribution in [0.4, 0.5) is 0 Å². The summed E-state index contributed by atoms with van der Waals surface area (Å²) < 4.78 is 0. The SMILES string of the molecule is CC[C@@H](NC(=O)c1c2ccccc2nc2ccccc12)C(=O)O. The summed E-state index contributed by atoms with van der Waals surface area (Å²) in [6.07, 6.45) is 0.321. The number of carbonyl (C=O) groups is 2. The van der Waals surface area contributed by atoms with Crippen LogP contribution in [0.2, 0.25) is 0 Å². The Balaban J connectivity index is 2.20. The monoisotopic (exact) mass is 308 g/mol. The second kappa shape index (κ2) is 6.04. The van der Waals surface area contributed by atoms with E-state index in [1.165, 1.54) is 0 Å². The van der Waals surface area contributed by atoms with E-state index < -0.39 is 17.9 Å². The third kappa shape index (κ3) is 2.73. The zero-order chi connectivity index (χ0) is 16.4. The third-order valence-electron chi connectivity index (χ3n) is 3.83. The fraction of sp³-hybridized carbons (Fsp3) is 0.167. The first kappa shape index (κ1) is 15.0. The van der Waals surface area contributed by atoms with Crippen LogP contribution in [0.25, 0.3) is 21.8 Å². The second-order valence-electron chi connectivity index (χ2n) is 5.29. The maximum atomic E-state index is 12.7. The van der Waals surface area contributed by atoms with Crippen LogP contribution in [0.3, 0.4) is 0 Å². The van der Waals surface area contributed by atoms with Gasteiger partial charge in [0.25, 0.3) is 5.91 Å². The molecule has 116 valence electrons. The molecular weight excluding hydrogens is 292 g/mol. The van der Waals surface area contributed by atoms with E-state index in [-0.39, 0.29) is 0 Å². The Morgan fingerprint density at radius 2 is 1.57 bits per heavy atom. The number of nitrogens with zero attached hydrogens (tertiary/aromatic N) is 1. The molecule has 0 spiro atoms. The number of pyridine rings is 1. The summed E-state index contributed by atoms with van der Waals surface area (Å²) in [4.78, 5) is 28.5. The van der Waals surface area contributed by atoms with Crippen molar-refractivity contribution in [1.82, 2.24) is 10.3 Å². The molecule has 0 aliphatic rings. The number of nitrogens with one attached hydrogen (secondary N) is 1. The fourth-order valence-corrected chi connectivity index (χ4v) is 2.65. The van der Waals surface area contributed by atoms with Gasteiger partial charge in [-0.15, -0.1) is 0 Å². The Hall–Kier alpha value is -2.95. The van der Waals surface area contributed by atoms with E-state index in [1.807, 2.05) is 48.5 Å². The van der Waals surface area contributed by atoms with Gasteiger partial charge in [-0.2, -0.15) is 0 Å². The molecule has 5 nitrogen and oxygen atoms in total. The Labute approximate surface area is 133 Å². The normalized spacial score (nSPS) is 12.2. The van der Waals surface area contributed by atoms with Crippen molar-refractivity contribution in [2.24, 2.45) is 0 Å². The van der Waals surface area contributed by atoms with Crippen molar-refractivity contribution in [1.29, 1.82) is 0 Å². The number of benzene rings is 2. The molecule has 0 fully saturated rings. The van der Waals surface area contributed by atoms with Gasteiger partial charge >= 0.3 is 5.97 Å². The van der Waals surface area contributed by atoms with Crippen LogP contribution in [0.15, 0.2) is 48.5 Å². The highest BCUT2D eigenvalue weighted by Gasteiger charge is 2.21. The van der Waals surface area contributed by atoms with Gasteiger partial charge in [0.05, 0.1) is 16.6 Å². The molecule has 0 bridgehead atoms. The van der Waals surface area contributed by atoms with E-state index in [4.69, 9.17) is 5.11 Å². The maximum Gasteiger partial charge on any atom is 0.326 e. The summed E-state index contributed by atoms with van der Waals surface area (Å²) in [6, 6.07) is 13.8. The zero-order valence-electron chi connectivity index (χ0n) is 12.6. The van der Waals surface area contributed by atoms with Crippen molar-refractivity contribution in [3.05, 3.63) is 54.1 Å². The van der Waals surface area contributed by atoms with Gasteiger partial charge in [-0.1, -0.05) is 43.3 Å². The molecule has 5 heteroatoms.